The van der Waals surface area contributed by atoms with Gasteiger partial charge in [0.2, 0.25) is 11.9 Å². The topological polar surface area (TPSA) is 85.4 Å². The van der Waals surface area contributed by atoms with Gasteiger partial charge in [-0.15, -0.1) is 0 Å². The standard InChI is InChI=1S/C23H23BrN4O3/c1-14-10-15(2)26-23(25-14)28-18-7-5-6-17(13-18)27-21(29)9-8-16-11-19(24)22(31-4)20(12-16)30-3/h5-13H,1-4H3,(H,27,29)(H,25,26,28)/b9-8+. The fraction of sp³-hybridized carbons (Fsp3) is 0.174. The molecule has 0 atom stereocenters. The molecule has 0 aliphatic rings. The summed E-state index contributed by atoms with van der Waals surface area (Å²) in [5, 5.41) is 6.02. The number of halogens is 1. The monoisotopic (exact) mass is 482 g/mol. The molecule has 0 saturated heterocycles. The third-order valence-electron chi connectivity index (χ3n) is 4.25. The zero-order valence-corrected chi connectivity index (χ0v) is 19.3. The summed E-state index contributed by atoms with van der Waals surface area (Å²) in [5.74, 6) is 1.43. The zero-order valence-electron chi connectivity index (χ0n) is 17.7. The van der Waals surface area contributed by atoms with Crippen molar-refractivity contribution in [3.8, 4) is 11.5 Å². The average molecular weight is 483 g/mol. The SMILES string of the molecule is COc1cc(/C=C/C(=O)Nc2cccc(Nc3nc(C)cc(C)n3)c2)cc(Br)c1OC. The normalized spacial score (nSPS) is 10.7. The quantitative estimate of drug-likeness (QED) is 0.446. The first-order valence-electron chi connectivity index (χ1n) is 9.48. The number of carbonyl (C=O) groups excluding carboxylic acids is 1. The highest BCUT2D eigenvalue weighted by Crippen LogP contribution is 2.36. The van der Waals surface area contributed by atoms with Crippen LogP contribution in [0.1, 0.15) is 17.0 Å². The second kappa shape index (κ2) is 10.1. The molecule has 8 heteroatoms. The van der Waals surface area contributed by atoms with E-state index in [9.17, 15) is 4.79 Å². The van der Waals surface area contributed by atoms with Gasteiger partial charge in [0.25, 0.3) is 0 Å². The molecule has 0 saturated carbocycles. The first-order chi connectivity index (χ1) is 14.9. The number of hydrogen-bond donors (Lipinski definition) is 2. The molecule has 1 heterocycles. The summed E-state index contributed by atoms with van der Waals surface area (Å²) < 4.78 is 11.4. The Morgan fingerprint density at radius 3 is 2.39 bits per heavy atom. The summed E-state index contributed by atoms with van der Waals surface area (Å²) in [6, 6.07) is 12.9. The number of rotatable bonds is 7. The van der Waals surface area contributed by atoms with Gasteiger partial charge in [0.1, 0.15) is 0 Å². The molecule has 31 heavy (non-hydrogen) atoms. The molecule has 2 aromatic carbocycles. The molecule has 0 bridgehead atoms. The second-order valence-corrected chi connectivity index (χ2v) is 7.60. The number of benzene rings is 2. The Labute approximate surface area is 189 Å². The van der Waals surface area contributed by atoms with Gasteiger partial charge in [0.15, 0.2) is 11.5 Å². The first kappa shape index (κ1) is 22.3. The van der Waals surface area contributed by atoms with Crippen molar-refractivity contribution in [3.05, 3.63) is 70.0 Å². The number of ether oxygens (including phenoxy) is 2. The molecule has 0 unspecified atom stereocenters. The van der Waals surface area contributed by atoms with E-state index in [1.165, 1.54) is 6.08 Å². The van der Waals surface area contributed by atoms with E-state index in [2.05, 4.69) is 36.5 Å². The lowest BCUT2D eigenvalue weighted by molar-refractivity contribution is -0.111. The summed E-state index contributed by atoms with van der Waals surface area (Å²) in [6.07, 6.45) is 3.16. The summed E-state index contributed by atoms with van der Waals surface area (Å²) >= 11 is 3.45. The fourth-order valence-electron chi connectivity index (χ4n) is 2.98. The maximum atomic E-state index is 12.4. The van der Waals surface area contributed by atoms with Crippen molar-refractivity contribution in [2.24, 2.45) is 0 Å². The molecular formula is C23H23BrN4O3. The number of nitrogens with one attached hydrogen (secondary N) is 2. The van der Waals surface area contributed by atoms with E-state index in [4.69, 9.17) is 9.47 Å². The van der Waals surface area contributed by atoms with Crippen LogP contribution in [0.4, 0.5) is 17.3 Å². The van der Waals surface area contributed by atoms with E-state index in [1.807, 2.05) is 50.2 Å². The number of amides is 1. The molecule has 3 rings (SSSR count). The van der Waals surface area contributed by atoms with E-state index in [0.29, 0.717) is 23.1 Å². The van der Waals surface area contributed by atoms with Gasteiger partial charge in [0.05, 0.1) is 18.7 Å². The van der Waals surface area contributed by atoms with Crippen molar-refractivity contribution in [3.63, 3.8) is 0 Å². The third-order valence-corrected chi connectivity index (χ3v) is 4.84. The zero-order chi connectivity index (χ0) is 22.4. The van der Waals surface area contributed by atoms with Crippen molar-refractivity contribution < 1.29 is 14.3 Å². The van der Waals surface area contributed by atoms with Crippen LogP contribution >= 0.6 is 15.9 Å². The van der Waals surface area contributed by atoms with Crippen LogP contribution in [-0.2, 0) is 4.79 Å². The lowest BCUT2D eigenvalue weighted by Crippen LogP contribution is -2.08. The Morgan fingerprint density at radius 2 is 1.71 bits per heavy atom. The van der Waals surface area contributed by atoms with Crippen molar-refractivity contribution >= 4 is 45.2 Å². The number of nitrogens with zero attached hydrogens (tertiary/aromatic N) is 2. The minimum atomic E-state index is -0.259. The number of carbonyl (C=O) groups is 1. The molecule has 1 aromatic heterocycles. The highest BCUT2D eigenvalue weighted by atomic mass is 79.9. The van der Waals surface area contributed by atoms with Crippen LogP contribution in [0.2, 0.25) is 0 Å². The first-order valence-corrected chi connectivity index (χ1v) is 10.3. The maximum absolute atomic E-state index is 12.4. The molecule has 0 fully saturated rings. The van der Waals surface area contributed by atoms with Crippen molar-refractivity contribution in [2.45, 2.75) is 13.8 Å². The van der Waals surface area contributed by atoms with Crippen LogP contribution in [0.15, 0.2) is 53.0 Å². The predicted molar refractivity (Wildman–Crippen MR) is 126 cm³/mol. The van der Waals surface area contributed by atoms with E-state index >= 15 is 0 Å². The molecule has 7 nitrogen and oxygen atoms in total. The average Bonchev–Trinajstić information content (AvgIpc) is 2.71. The van der Waals surface area contributed by atoms with Crippen LogP contribution < -0.4 is 20.1 Å². The Balaban J connectivity index is 1.69. The molecule has 2 N–H and O–H groups in total. The summed E-state index contributed by atoms with van der Waals surface area (Å²) in [4.78, 5) is 21.1. The number of anilines is 3. The second-order valence-electron chi connectivity index (χ2n) is 6.74. The molecule has 160 valence electrons. The minimum absolute atomic E-state index is 0.259. The van der Waals surface area contributed by atoms with Gasteiger partial charge in [-0.3, -0.25) is 4.79 Å². The Bertz CT molecular complexity index is 1110. The van der Waals surface area contributed by atoms with Crippen molar-refractivity contribution in [1.29, 1.82) is 0 Å². The van der Waals surface area contributed by atoms with E-state index in [1.54, 1.807) is 26.4 Å². The number of methoxy groups -OCH3 is 2. The largest absolute Gasteiger partial charge is 0.493 e. The van der Waals surface area contributed by atoms with Crippen LogP contribution in [0.25, 0.3) is 6.08 Å². The number of aryl methyl sites for hydroxylation is 2. The third kappa shape index (κ3) is 6.05. The highest BCUT2D eigenvalue weighted by molar-refractivity contribution is 9.10. The molecule has 3 aromatic rings. The summed E-state index contributed by atoms with van der Waals surface area (Å²) in [7, 11) is 3.13. The van der Waals surface area contributed by atoms with E-state index < -0.39 is 0 Å². The van der Waals surface area contributed by atoms with Crippen molar-refractivity contribution in [2.75, 3.05) is 24.9 Å². The Hall–Kier alpha value is -3.39. The van der Waals surface area contributed by atoms with Crippen molar-refractivity contribution in [1.82, 2.24) is 9.97 Å². The van der Waals surface area contributed by atoms with Gasteiger partial charge < -0.3 is 20.1 Å². The van der Waals surface area contributed by atoms with Crippen LogP contribution in [0.3, 0.4) is 0 Å². The van der Waals surface area contributed by atoms with Gasteiger partial charge in [-0.25, -0.2) is 9.97 Å². The van der Waals surface area contributed by atoms with Gasteiger partial charge in [-0.1, -0.05) is 6.07 Å². The van der Waals surface area contributed by atoms with E-state index in [0.717, 1.165) is 27.1 Å². The predicted octanol–water partition coefficient (Wildman–Crippen LogP) is 5.27. The van der Waals surface area contributed by atoms with Crippen LogP contribution in [-0.4, -0.2) is 30.1 Å². The summed E-state index contributed by atoms with van der Waals surface area (Å²) in [6.45, 7) is 3.83. The molecule has 0 aliphatic carbocycles. The maximum Gasteiger partial charge on any atom is 0.248 e. The number of aromatic nitrogens is 2. The minimum Gasteiger partial charge on any atom is -0.493 e. The van der Waals surface area contributed by atoms with E-state index in [-0.39, 0.29) is 5.91 Å². The van der Waals surface area contributed by atoms with Gasteiger partial charge in [-0.2, -0.15) is 0 Å². The molecule has 0 spiro atoms. The number of hydrogen-bond acceptors (Lipinski definition) is 6. The molecular weight excluding hydrogens is 460 g/mol. The summed E-state index contributed by atoms with van der Waals surface area (Å²) in [5.41, 5.74) is 3.98. The lowest BCUT2D eigenvalue weighted by atomic mass is 10.2. The van der Waals surface area contributed by atoms with Gasteiger partial charge in [0, 0.05) is 28.8 Å². The highest BCUT2D eigenvalue weighted by Gasteiger charge is 2.09. The van der Waals surface area contributed by atoms with Crippen LogP contribution in [0.5, 0.6) is 11.5 Å². The fourth-order valence-corrected chi connectivity index (χ4v) is 3.60. The smallest absolute Gasteiger partial charge is 0.248 e. The Kier molecular flexibility index (Phi) is 7.25. The lowest BCUT2D eigenvalue weighted by Gasteiger charge is -2.10. The Morgan fingerprint density at radius 1 is 1.00 bits per heavy atom. The van der Waals surface area contributed by atoms with Gasteiger partial charge >= 0.3 is 0 Å². The molecule has 0 radical (unpaired) electrons. The van der Waals surface area contributed by atoms with Crippen LogP contribution in [0, 0.1) is 13.8 Å². The van der Waals surface area contributed by atoms with Gasteiger partial charge in [-0.05, 0) is 77.8 Å². The molecule has 1 amide bonds. The molecule has 0 aliphatic heterocycles.